The van der Waals surface area contributed by atoms with Crippen LogP contribution in [0.2, 0.25) is 5.02 Å². The molecule has 0 bridgehead atoms. The average Bonchev–Trinajstić information content (AvgIpc) is 2.44. The summed E-state index contributed by atoms with van der Waals surface area (Å²) in [4.78, 5) is 6.74. The molecule has 1 aliphatic rings. The number of rotatable bonds is 6. The Bertz CT molecular complexity index is 420. The molecule has 0 amide bonds. The van der Waals surface area contributed by atoms with Gasteiger partial charge in [-0.3, -0.25) is 0 Å². The van der Waals surface area contributed by atoms with Crippen LogP contribution in [0.3, 0.4) is 0 Å². The fourth-order valence-corrected chi connectivity index (χ4v) is 2.44. The van der Waals surface area contributed by atoms with Gasteiger partial charge in [0.2, 0.25) is 0 Å². The first-order valence-corrected chi connectivity index (χ1v) is 7.70. The lowest BCUT2D eigenvalue weighted by Gasteiger charge is -2.28. The van der Waals surface area contributed by atoms with E-state index >= 15 is 0 Å². The molecule has 1 fully saturated rings. The highest BCUT2D eigenvalue weighted by Crippen LogP contribution is 2.15. The number of hydrogen-bond acceptors (Lipinski definition) is 4. The molecule has 1 aromatic rings. The Kier molecular flexibility index (Phi) is 6.07. The van der Waals surface area contributed by atoms with Crippen molar-refractivity contribution >= 4 is 17.4 Å². The van der Waals surface area contributed by atoms with E-state index in [4.69, 9.17) is 16.3 Å². The number of likely N-dealkylation sites (tertiary alicyclic amines) is 1. The van der Waals surface area contributed by atoms with E-state index in [0.29, 0.717) is 11.1 Å². The summed E-state index contributed by atoms with van der Waals surface area (Å²) in [5, 5.41) is 4.01. The predicted molar refractivity (Wildman–Crippen MR) is 83.6 cm³/mol. The summed E-state index contributed by atoms with van der Waals surface area (Å²) in [6, 6.07) is 3.79. The Labute approximate surface area is 126 Å². The highest BCUT2D eigenvalue weighted by atomic mass is 35.5. The predicted octanol–water partition coefficient (Wildman–Crippen LogP) is 2.96. The number of aryl methyl sites for hydroxylation is 1. The molecule has 2 rings (SSSR count). The maximum absolute atomic E-state index is 5.95. The van der Waals surface area contributed by atoms with Gasteiger partial charge in [0.1, 0.15) is 5.82 Å². The fourth-order valence-electron chi connectivity index (χ4n) is 2.33. The summed E-state index contributed by atoms with van der Waals surface area (Å²) < 4.78 is 5.90. The third-order valence-electron chi connectivity index (χ3n) is 3.67. The number of nitrogens with one attached hydrogen (secondary N) is 1. The van der Waals surface area contributed by atoms with Gasteiger partial charge in [0.15, 0.2) is 0 Å². The molecule has 1 N–H and O–H groups in total. The molecule has 20 heavy (non-hydrogen) atoms. The van der Waals surface area contributed by atoms with Gasteiger partial charge in [-0.2, -0.15) is 0 Å². The fraction of sp³-hybridized carbons (Fsp3) is 0.667. The zero-order valence-electron chi connectivity index (χ0n) is 12.4. The summed E-state index contributed by atoms with van der Waals surface area (Å²) in [5.74, 6) is 0.881. The first-order valence-electron chi connectivity index (χ1n) is 7.32. The van der Waals surface area contributed by atoms with Gasteiger partial charge in [-0.1, -0.05) is 11.6 Å². The molecule has 0 aromatic carbocycles. The molecular formula is C15H24ClN3O. The molecule has 4 nitrogen and oxygen atoms in total. The summed E-state index contributed by atoms with van der Waals surface area (Å²) in [7, 11) is 2.17. The van der Waals surface area contributed by atoms with Gasteiger partial charge in [0.05, 0.1) is 16.8 Å². The Balaban J connectivity index is 1.58. The van der Waals surface area contributed by atoms with Crippen molar-refractivity contribution in [3.63, 3.8) is 0 Å². The van der Waals surface area contributed by atoms with Crippen LogP contribution in [-0.2, 0) is 4.74 Å². The van der Waals surface area contributed by atoms with E-state index in [9.17, 15) is 0 Å². The zero-order chi connectivity index (χ0) is 14.4. The van der Waals surface area contributed by atoms with Crippen LogP contribution in [0, 0.1) is 6.92 Å². The molecule has 2 heterocycles. The van der Waals surface area contributed by atoms with Crippen molar-refractivity contribution in [3.8, 4) is 0 Å². The molecule has 1 aliphatic heterocycles. The Hall–Kier alpha value is -0.840. The molecule has 0 atom stereocenters. The number of pyridine rings is 1. The van der Waals surface area contributed by atoms with E-state index in [1.165, 1.54) is 0 Å². The third kappa shape index (κ3) is 4.93. The van der Waals surface area contributed by atoms with Crippen LogP contribution in [0.15, 0.2) is 12.1 Å². The van der Waals surface area contributed by atoms with Gasteiger partial charge in [0.25, 0.3) is 0 Å². The second-order valence-corrected chi connectivity index (χ2v) is 5.82. The summed E-state index contributed by atoms with van der Waals surface area (Å²) in [6.07, 6.45) is 3.75. The normalized spacial score (nSPS) is 17.4. The summed E-state index contributed by atoms with van der Waals surface area (Å²) in [5.41, 5.74) is 0.860. The monoisotopic (exact) mass is 297 g/mol. The van der Waals surface area contributed by atoms with E-state index < -0.39 is 0 Å². The number of ether oxygens (including phenoxy) is 1. The zero-order valence-corrected chi connectivity index (χ0v) is 13.1. The van der Waals surface area contributed by atoms with Crippen LogP contribution in [0.25, 0.3) is 0 Å². The summed E-state index contributed by atoms with van der Waals surface area (Å²) >= 11 is 5.95. The second kappa shape index (κ2) is 7.81. The van der Waals surface area contributed by atoms with E-state index in [-0.39, 0.29) is 0 Å². The van der Waals surface area contributed by atoms with Crippen molar-refractivity contribution in [2.45, 2.75) is 32.3 Å². The van der Waals surface area contributed by atoms with Gasteiger partial charge < -0.3 is 15.0 Å². The van der Waals surface area contributed by atoms with Crippen LogP contribution in [-0.4, -0.2) is 49.3 Å². The highest BCUT2D eigenvalue weighted by molar-refractivity contribution is 6.31. The van der Waals surface area contributed by atoms with Crippen molar-refractivity contribution in [3.05, 3.63) is 22.8 Å². The number of hydrogen-bond donors (Lipinski definition) is 1. The lowest BCUT2D eigenvalue weighted by Crippen LogP contribution is -2.34. The number of anilines is 1. The van der Waals surface area contributed by atoms with E-state index in [1.54, 1.807) is 0 Å². The van der Waals surface area contributed by atoms with Gasteiger partial charge in [0, 0.05) is 26.2 Å². The minimum absolute atomic E-state index is 0.446. The number of nitrogens with zero attached hydrogens (tertiary/aromatic N) is 2. The Morgan fingerprint density at radius 3 is 2.85 bits per heavy atom. The van der Waals surface area contributed by atoms with Gasteiger partial charge in [-0.25, -0.2) is 4.98 Å². The maximum atomic E-state index is 5.95. The first kappa shape index (κ1) is 15.5. The molecule has 0 saturated carbocycles. The second-order valence-electron chi connectivity index (χ2n) is 5.42. The van der Waals surface area contributed by atoms with Crippen molar-refractivity contribution < 1.29 is 4.74 Å². The quantitative estimate of drug-likeness (QED) is 0.819. The Morgan fingerprint density at radius 2 is 2.15 bits per heavy atom. The molecule has 0 spiro atoms. The summed E-state index contributed by atoms with van der Waals surface area (Å²) in [6.45, 7) is 5.90. The largest absolute Gasteiger partial charge is 0.378 e. The molecule has 5 heteroatoms. The minimum Gasteiger partial charge on any atom is -0.378 e. The standard InChI is InChI=1S/C15H24ClN3O/c1-12-14(16)4-5-15(18-12)17-8-3-11-20-13-6-9-19(2)10-7-13/h4-5,13H,3,6-11H2,1-2H3,(H,17,18). The van der Waals surface area contributed by atoms with E-state index in [1.807, 2.05) is 19.1 Å². The van der Waals surface area contributed by atoms with Crippen molar-refractivity contribution in [1.82, 2.24) is 9.88 Å². The minimum atomic E-state index is 0.446. The number of aromatic nitrogens is 1. The van der Waals surface area contributed by atoms with Crippen molar-refractivity contribution in [1.29, 1.82) is 0 Å². The molecular weight excluding hydrogens is 274 g/mol. The van der Waals surface area contributed by atoms with Crippen LogP contribution >= 0.6 is 11.6 Å². The van der Waals surface area contributed by atoms with Crippen LogP contribution in [0.1, 0.15) is 25.0 Å². The topological polar surface area (TPSA) is 37.4 Å². The van der Waals surface area contributed by atoms with E-state index in [0.717, 1.165) is 57.0 Å². The van der Waals surface area contributed by atoms with Crippen LogP contribution in [0.4, 0.5) is 5.82 Å². The van der Waals surface area contributed by atoms with Gasteiger partial charge >= 0.3 is 0 Å². The third-order valence-corrected chi connectivity index (χ3v) is 4.07. The molecule has 0 unspecified atom stereocenters. The molecule has 1 saturated heterocycles. The van der Waals surface area contributed by atoms with E-state index in [2.05, 4.69) is 22.2 Å². The smallest absolute Gasteiger partial charge is 0.126 e. The number of piperidine rings is 1. The molecule has 0 aliphatic carbocycles. The average molecular weight is 298 g/mol. The maximum Gasteiger partial charge on any atom is 0.126 e. The lowest BCUT2D eigenvalue weighted by molar-refractivity contribution is 0.0125. The lowest BCUT2D eigenvalue weighted by atomic mass is 10.1. The molecule has 112 valence electrons. The highest BCUT2D eigenvalue weighted by Gasteiger charge is 2.16. The van der Waals surface area contributed by atoms with Crippen molar-refractivity contribution in [2.24, 2.45) is 0 Å². The SMILES string of the molecule is Cc1nc(NCCCOC2CCN(C)CC2)ccc1Cl. The molecule has 1 aromatic heterocycles. The van der Waals surface area contributed by atoms with Crippen LogP contribution in [0.5, 0.6) is 0 Å². The van der Waals surface area contributed by atoms with Gasteiger partial charge in [-0.05, 0) is 45.4 Å². The van der Waals surface area contributed by atoms with Crippen molar-refractivity contribution in [2.75, 3.05) is 38.6 Å². The molecule has 0 radical (unpaired) electrons. The van der Waals surface area contributed by atoms with Gasteiger partial charge in [-0.15, -0.1) is 0 Å². The Morgan fingerprint density at radius 1 is 1.40 bits per heavy atom. The number of halogens is 1. The first-order chi connectivity index (χ1) is 9.65. The van der Waals surface area contributed by atoms with Crippen LogP contribution < -0.4 is 5.32 Å².